The number of carbonyl (C=O) groups is 2. The summed E-state index contributed by atoms with van der Waals surface area (Å²) in [6.07, 6.45) is 1.98. The number of nitrogens with zero attached hydrogens (tertiary/aromatic N) is 2. The molecule has 1 aliphatic heterocycles. The Kier molecular flexibility index (Phi) is 7.90. The number of aromatic nitrogens is 1. The van der Waals surface area contributed by atoms with E-state index in [0.29, 0.717) is 18.8 Å². The predicted molar refractivity (Wildman–Crippen MR) is 157 cm³/mol. The highest BCUT2D eigenvalue weighted by atomic mass is 32.2. The number of hydrogen-bond acceptors (Lipinski definition) is 5. The van der Waals surface area contributed by atoms with Gasteiger partial charge in [-0.2, -0.15) is 4.72 Å². The van der Waals surface area contributed by atoms with E-state index in [1.807, 2.05) is 66.6 Å². The van der Waals surface area contributed by atoms with Crippen LogP contribution in [0.2, 0.25) is 0 Å². The van der Waals surface area contributed by atoms with E-state index in [-0.39, 0.29) is 17.2 Å². The Balaban J connectivity index is 1.34. The van der Waals surface area contributed by atoms with Crippen LogP contribution in [0.1, 0.15) is 18.1 Å². The fraction of sp³-hybridized carbons (Fsp3) is 0.267. The van der Waals surface area contributed by atoms with Gasteiger partial charge in [-0.05, 0) is 61.4 Å². The van der Waals surface area contributed by atoms with Gasteiger partial charge in [0.25, 0.3) is 0 Å². The molecule has 0 bridgehead atoms. The van der Waals surface area contributed by atoms with E-state index in [1.54, 1.807) is 19.1 Å². The molecule has 1 fully saturated rings. The summed E-state index contributed by atoms with van der Waals surface area (Å²) in [7, 11) is -3.96. The average molecular weight is 560 g/mol. The Hall–Kier alpha value is -4.15. The molecule has 0 radical (unpaired) electrons. The first-order chi connectivity index (χ1) is 19.2. The molecular weight excluding hydrogens is 526 g/mol. The molecule has 1 atom stereocenters. The summed E-state index contributed by atoms with van der Waals surface area (Å²) in [6, 6.07) is 20.6. The van der Waals surface area contributed by atoms with Gasteiger partial charge in [-0.3, -0.25) is 9.59 Å². The lowest BCUT2D eigenvalue weighted by molar-refractivity contribution is -0.129. The number of anilines is 2. The molecule has 1 saturated heterocycles. The third kappa shape index (κ3) is 6.19. The zero-order chi connectivity index (χ0) is 28.3. The average Bonchev–Trinajstić information content (AvgIpc) is 3.36. The summed E-state index contributed by atoms with van der Waals surface area (Å²) in [5.41, 5.74) is 4.25. The molecule has 208 valence electrons. The maximum absolute atomic E-state index is 13.5. The predicted octanol–water partition coefficient (Wildman–Crippen LogP) is 3.67. The number of amides is 2. The second-order valence-electron chi connectivity index (χ2n) is 10.1. The SMILES string of the molecule is CC(=O)N1CCN(c2ccc(NC(=O)[C@H](Cc3c[nH]c4ccccc34)NS(=O)(=O)c3ccc(C)cc3)cc2)CC1. The van der Waals surface area contributed by atoms with Crippen LogP contribution in [0.25, 0.3) is 10.9 Å². The first kappa shape index (κ1) is 27.4. The molecule has 1 aromatic heterocycles. The quantitative estimate of drug-likeness (QED) is 0.305. The van der Waals surface area contributed by atoms with E-state index in [1.165, 1.54) is 12.1 Å². The van der Waals surface area contributed by atoms with Crippen LogP contribution in [0.5, 0.6) is 0 Å². The highest BCUT2D eigenvalue weighted by Crippen LogP contribution is 2.23. The molecular formula is C30H33N5O4S. The molecule has 0 spiro atoms. The van der Waals surface area contributed by atoms with Gasteiger partial charge in [0, 0.05) is 61.6 Å². The minimum Gasteiger partial charge on any atom is -0.368 e. The van der Waals surface area contributed by atoms with E-state index >= 15 is 0 Å². The molecule has 3 N–H and O–H groups in total. The van der Waals surface area contributed by atoms with E-state index in [0.717, 1.165) is 40.8 Å². The molecule has 4 aromatic rings. The van der Waals surface area contributed by atoms with Crippen molar-refractivity contribution in [3.63, 3.8) is 0 Å². The van der Waals surface area contributed by atoms with E-state index < -0.39 is 22.0 Å². The van der Waals surface area contributed by atoms with Crippen molar-refractivity contribution in [2.45, 2.75) is 31.2 Å². The number of rotatable bonds is 8. The number of sulfonamides is 1. The number of carbonyl (C=O) groups excluding carboxylic acids is 2. The number of fused-ring (bicyclic) bond motifs is 1. The minimum atomic E-state index is -3.96. The number of aromatic amines is 1. The van der Waals surface area contributed by atoms with Gasteiger partial charge in [-0.1, -0.05) is 35.9 Å². The normalized spacial score (nSPS) is 14.8. The summed E-state index contributed by atoms with van der Waals surface area (Å²) in [5.74, 6) is -0.373. The lowest BCUT2D eigenvalue weighted by atomic mass is 10.0. The first-order valence-corrected chi connectivity index (χ1v) is 14.7. The van der Waals surface area contributed by atoms with Crippen molar-refractivity contribution in [1.29, 1.82) is 0 Å². The number of para-hydroxylation sites is 1. The number of nitrogens with one attached hydrogen (secondary N) is 3. The van der Waals surface area contributed by atoms with Crippen LogP contribution in [0.3, 0.4) is 0 Å². The molecule has 2 amide bonds. The van der Waals surface area contributed by atoms with Crippen LogP contribution in [0.4, 0.5) is 11.4 Å². The molecule has 9 nitrogen and oxygen atoms in total. The van der Waals surface area contributed by atoms with Gasteiger partial charge < -0.3 is 20.1 Å². The molecule has 5 rings (SSSR count). The molecule has 0 aliphatic carbocycles. The maximum Gasteiger partial charge on any atom is 0.242 e. The highest BCUT2D eigenvalue weighted by molar-refractivity contribution is 7.89. The van der Waals surface area contributed by atoms with Crippen LogP contribution in [-0.4, -0.2) is 62.3 Å². The lowest BCUT2D eigenvalue weighted by Gasteiger charge is -2.35. The van der Waals surface area contributed by atoms with Crippen molar-refractivity contribution in [2.75, 3.05) is 36.4 Å². The van der Waals surface area contributed by atoms with Gasteiger partial charge in [-0.25, -0.2) is 8.42 Å². The van der Waals surface area contributed by atoms with E-state index in [9.17, 15) is 18.0 Å². The first-order valence-electron chi connectivity index (χ1n) is 13.2. The summed E-state index contributed by atoms with van der Waals surface area (Å²) >= 11 is 0. The van der Waals surface area contributed by atoms with Crippen LogP contribution < -0.4 is 14.9 Å². The fourth-order valence-electron chi connectivity index (χ4n) is 4.95. The van der Waals surface area contributed by atoms with Crippen LogP contribution in [0.15, 0.2) is 83.9 Å². The Morgan fingerprint density at radius 2 is 1.60 bits per heavy atom. The topological polar surface area (TPSA) is 115 Å². The van der Waals surface area contributed by atoms with Crippen LogP contribution >= 0.6 is 0 Å². The molecule has 0 unspecified atom stereocenters. The van der Waals surface area contributed by atoms with Gasteiger partial charge in [0.15, 0.2) is 0 Å². The van der Waals surface area contributed by atoms with Gasteiger partial charge in [-0.15, -0.1) is 0 Å². The van der Waals surface area contributed by atoms with Crippen molar-refractivity contribution < 1.29 is 18.0 Å². The van der Waals surface area contributed by atoms with Crippen LogP contribution in [0, 0.1) is 6.92 Å². The number of hydrogen-bond donors (Lipinski definition) is 3. The third-order valence-electron chi connectivity index (χ3n) is 7.27. The van der Waals surface area contributed by atoms with Crippen molar-refractivity contribution in [1.82, 2.24) is 14.6 Å². The van der Waals surface area contributed by atoms with Crippen molar-refractivity contribution in [3.05, 3.63) is 90.1 Å². The zero-order valence-corrected chi connectivity index (χ0v) is 23.4. The monoisotopic (exact) mass is 559 g/mol. The highest BCUT2D eigenvalue weighted by Gasteiger charge is 2.27. The summed E-state index contributed by atoms with van der Waals surface area (Å²) in [6.45, 7) is 6.28. The Bertz CT molecular complexity index is 1610. The molecule has 10 heteroatoms. The van der Waals surface area contributed by atoms with Crippen molar-refractivity contribution in [2.24, 2.45) is 0 Å². The number of H-pyrrole nitrogens is 1. The van der Waals surface area contributed by atoms with Gasteiger partial charge in [0.05, 0.1) is 4.90 Å². The fourth-order valence-corrected chi connectivity index (χ4v) is 6.14. The number of aryl methyl sites for hydroxylation is 1. The summed E-state index contributed by atoms with van der Waals surface area (Å²) < 4.78 is 29.2. The zero-order valence-electron chi connectivity index (χ0n) is 22.6. The molecule has 1 aliphatic rings. The lowest BCUT2D eigenvalue weighted by Crippen LogP contribution is -2.48. The summed E-state index contributed by atoms with van der Waals surface area (Å²) in [5, 5.41) is 3.82. The second kappa shape index (κ2) is 11.5. The Morgan fingerprint density at radius 1 is 0.925 bits per heavy atom. The van der Waals surface area contributed by atoms with Gasteiger partial charge in [0.1, 0.15) is 6.04 Å². The molecule has 40 heavy (non-hydrogen) atoms. The molecule has 2 heterocycles. The van der Waals surface area contributed by atoms with Crippen molar-refractivity contribution in [3.8, 4) is 0 Å². The standard InChI is InChI=1S/C30H33N5O4S/c1-21-7-13-26(14-8-21)40(38,39)33-29(19-23-20-31-28-6-4-3-5-27(23)28)30(37)32-24-9-11-25(12-10-24)35-17-15-34(16-18-35)22(2)36/h3-14,20,29,31,33H,15-19H2,1-2H3,(H,32,37)/t29-/m0/s1. The van der Waals surface area contributed by atoms with E-state index in [4.69, 9.17) is 0 Å². The van der Waals surface area contributed by atoms with E-state index in [2.05, 4.69) is 19.9 Å². The minimum absolute atomic E-state index is 0.0814. The van der Waals surface area contributed by atoms with Gasteiger partial charge >= 0.3 is 0 Å². The van der Waals surface area contributed by atoms with Crippen molar-refractivity contribution >= 4 is 44.1 Å². The Labute approximate surface area is 234 Å². The smallest absolute Gasteiger partial charge is 0.242 e. The Morgan fingerprint density at radius 3 is 2.27 bits per heavy atom. The summed E-state index contributed by atoms with van der Waals surface area (Å²) in [4.78, 5) is 32.5. The second-order valence-corrected chi connectivity index (χ2v) is 11.8. The molecule has 3 aromatic carbocycles. The molecule has 0 saturated carbocycles. The largest absolute Gasteiger partial charge is 0.368 e. The number of piperazine rings is 1. The third-order valence-corrected chi connectivity index (χ3v) is 8.76. The maximum atomic E-state index is 13.5. The number of benzene rings is 3. The van der Waals surface area contributed by atoms with Crippen LogP contribution in [-0.2, 0) is 26.0 Å². The van der Waals surface area contributed by atoms with Gasteiger partial charge in [0.2, 0.25) is 21.8 Å².